The molecule has 4 heteroatoms. The van der Waals surface area contributed by atoms with E-state index < -0.39 is 19.8 Å². The minimum atomic E-state index is -4.24. The van der Waals surface area contributed by atoms with Crippen LogP contribution in [0.4, 0.5) is 13.2 Å². The third kappa shape index (κ3) is 2.62. The van der Waals surface area contributed by atoms with Gasteiger partial charge in [-0.2, -0.15) is 13.2 Å². The van der Waals surface area contributed by atoms with Gasteiger partial charge >= 0.3 is 6.18 Å². The molecule has 84 valence electrons. The highest BCUT2D eigenvalue weighted by Crippen LogP contribution is 2.31. The van der Waals surface area contributed by atoms with Gasteiger partial charge in [0.15, 0.2) is 0 Å². The van der Waals surface area contributed by atoms with E-state index in [1.54, 1.807) is 6.92 Å². The Morgan fingerprint density at radius 2 is 1.60 bits per heavy atom. The Morgan fingerprint density at radius 1 is 1.07 bits per heavy atom. The van der Waals surface area contributed by atoms with Crippen molar-refractivity contribution in [3.05, 3.63) is 29.3 Å². The summed E-state index contributed by atoms with van der Waals surface area (Å²) in [5.74, 6) is 0. The van der Waals surface area contributed by atoms with Crippen molar-refractivity contribution >= 4 is 13.3 Å². The molecule has 0 bridgehead atoms. The zero-order chi connectivity index (χ0) is 11.9. The third-order valence-corrected chi connectivity index (χ3v) is 4.60. The quantitative estimate of drug-likeness (QED) is 0.649. The van der Waals surface area contributed by atoms with Crippen molar-refractivity contribution in [3.63, 3.8) is 0 Å². The van der Waals surface area contributed by atoms with Gasteiger partial charge < -0.3 is 0 Å². The Bertz CT molecular complexity index is 329. The van der Waals surface area contributed by atoms with Crippen LogP contribution in [0.3, 0.4) is 0 Å². The summed E-state index contributed by atoms with van der Waals surface area (Å²) in [4.78, 5) is 0. The molecule has 0 nitrogen and oxygen atoms in total. The molecule has 1 rings (SSSR count). The summed E-state index contributed by atoms with van der Waals surface area (Å²) in [5.41, 5.74) is -0.105. The first kappa shape index (κ1) is 12.3. The summed E-state index contributed by atoms with van der Waals surface area (Å²) in [6.07, 6.45) is -4.24. The smallest absolute Gasteiger partial charge is 0.166 e. The van der Waals surface area contributed by atoms with Gasteiger partial charge in [0.2, 0.25) is 0 Å². The van der Waals surface area contributed by atoms with Gasteiger partial charge in [0, 0.05) is 0 Å². The SMILES string of the molecule is Cc1c(C(F)(F)F)cccc1[Si](C)(C)C. The van der Waals surface area contributed by atoms with Crippen molar-refractivity contribution in [2.24, 2.45) is 0 Å². The van der Waals surface area contributed by atoms with Crippen LogP contribution in [0.2, 0.25) is 19.6 Å². The largest absolute Gasteiger partial charge is 0.416 e. The molecule has 0 spiro atoms. The van der Waals surface area contributed by atoms with E-state index in [1.165, 1.54) is 6.07 Å². The van der Waals surface area contributed by atoms with Crippen LogP contribution in [0.25, 0.3) is 0 Å². The number of hydrogen-bond acceptors (Lipinski definition) is 0. The van der Waals surface area contributed by atoms with Crippen LogP contribution in [0.1, 0.15) is 11.1 Å². The van der Waals surface area contributed by atoms with Crippen LogP contribution < -0.4 is 5.19 Å². The predicted octanol–water partition coefficient (Wildman–Crippen LogP) is 3.56. The molecule has 0 saturated heterocycles. The van der Waals surface area contributed by atoms with Crippen molar-refractivity contribution < 1.29 is 13.2 Å². The predicted molar refractivity (Wildman–Crippen MR) is 59.2 cm³/mol. The van der Waals surface area contributed by atoms with Crippen LogP contribution in [-0.4, -0.2) is 8.07 Å². The van der Waals surface area contributed by atoms with Crippen molar-refractivity contribution in [3.8, 4) is 0 Å². The fourth-order valence-electron chi connectivity index (χ4n) is 1.76. The van der Waals surface area contributed by atoms with Crippen molar-refractivity contribution in [1.29, 1.82) is 0 Å². The minimum Gasteiger partial charge on any atom is -0.166 e. The highest BCUT2D eigenvalue weighted by atomic mass is 28.3. The molecule has 0 heterocycles. The lowest BCUT2D eigenvalue weighted by atomic mass is 10.1. The topological polar surface area (TPSA) is 0 Å². The molecular weight excluding hydrogens is 217 g/mol. The second kappa shape index (κ2) is 3.67. The Balaban J connectivity index is 3.37. The summed E-state index contributed by atoms with van der Waals surface area (Å²) in [5, 5.41) is 0.886. The standard InChI is InChI=1S/C11H15F3Si/c1-8-9(11(12,13)14)6-5-7-10(8)15(2,3)4/h5-7H,1-4H3. The van der Waals surface area contributed by atoms with Gasteiger partial charge in [0.05, 0.1) is 13.6 Å². The number of hydrogen-bond donors (Lipinski definition) is 0. The maximum atomic E-state index is 12.6. The Hall–Kier alpha value is -0.773. The van der Waals surface area contributed by atoms with E-state index in [-0.39, 0.29) is 0 Å². The normalized spacial score (nSPS) is 13.0. The first-order valence-corrected chi connectivity index (χ1v) is 8.31. The third-order valence-electron chi connectivity index (χ3n) is 2.45. The van der Waals surface area contributed by atoms with Gasteiger partial charge in [0.1, 0.15) is 0 Å². The Labute approximate surface area is 89.1 Å². The van der Waals surface area contributed by atoms with E-state index in [0.717, 1.165) is 11.3 Å². The molecule has 0 atom stereocenters. The molecule has 15 heavy (non-hydrogen) atoms. The molecule has 0 fully saturated rings. The summed E-state index contributed by atoms with van der Waals surface area (Å²) in [6.45, 7) is 7.72. The molecule has 0 aliphatic carbocycles. The second-order valence-corrected chi connectivity index (χ2v) is 9.76. The van der Waals surface area contributed by atoms with E-state index in [9.17, 15) is 13.2 Å². The van der Waals surface area contributed by atoms with E-state index in [1.807, 2.05) is 6.07 Å². The molecule has 0 N–H and O–H groups in total. The van der Waals surface area contributed by atoms with Gasteiger partial charge in [-0.3, -0.25) is 0 Å². The van der Waals surface area contributed by atoms with E-state index in [4.69, 9.17) is 0 Å². The summed E-state index contributed by atoms with van der Waals surface area (Å²) in [6, 6.07) is 4.47. The van der Waals surface area contributed by atoms with Gasteiger partial charge in [-0.1, -0.05) is 37.0 Å². The monoisotopic (exact) mass is 232 g/mol. The lowest BCUT2D eigenvalue weighted by molar-refractivity contribution is -0.138. The average Bonchev–Trinajstić information content (AvgIpc) is 1.99. The highest BCUT2D eigenvalue weighted by molar-refractivity contribution is 6.89. The molecule has 1 aromatic rings. The zero-order valence-corrected chi connectivity index (χ0v) is 10.4. The molecule has 0 radical (unpaired) electrons. The fraction of sp³-hybridized carbons (Fsp3) is 0.455. The molecule has 1 aromatic carbocycles. The summed E-state index contributed by atoms with van der Waals surface area (Å²) < 4.78 is 37.9. The maximum absolute atomic E-state index is 12.6. The molecular formula is C11H15F3Si. The highest BCUT2D eigenvalue weighted by Gasteiger charge is 2.34. The van der Waals surface area contributed by atoms with Gasteiger partial charge in [0.25, 0.3) is 0 Å². The van der Waals surface area contributed by atoms with E-state index >= 15 is 0 Å². The number of benzene rings is 1. The average molecular weight is 232 g/mol. The van der Waals surface area contributed by atoms with Crippen molar-refractivity contribution in [2.75, 3.05) is 0 Å². The summed E-state index contributed by atoms with van der Waals surface area (Å²) >= 11 is 0. The molecule has 0 aromatic heterocycles. The lowest BCUT2D eigenvalue weighted by Crippen LogP contribution is -2.40. The van der Waals surface area contributed by atoms with Crippen LogP contribution >= 0.6 is 0 Å². The molecule has 0 aliphatic heterocycles. The Kier molecular flexibility index (Phi) is 3.00. The Morgan fingerprint density at radius 3 is 2.00 bits per heavy atom. The fourth-order valence-corrected chi connectivity index (χ4v) is 3.61. The minimum absolute atomic E-state index is 0.393. The van der Waals surface area contributed by atoms with Crippen LogP contribution in [-0.2, 0) is 6.18 Å². The van der Waals surface area contributed by atoms with Crippen LogP contribution in [0.15, 0.2) is 18.2 Å². The first-order chi connectivity index (χ1) is 6.64. The number of rotatable bonds is 1. The van der Waals surface area contributed by atoms with Crippen molar-refractivity contribution in [1.82, 2.24) is 0 Å². The maximum Gasteiger partial charge on any atom is 0.416 e. The van der Waals surface area contributed by atoms with E-state index in [0.29, 0.717) is 5.56 Å². The lowest BCUT2D eigenvalue weighted by Gasteiger charge is -2.22. The van der Waals surface area contributed by atoms with Crippen molar-refractivity contribution in [2.45, 2.75) is 32.7 Å². The number of halogens is 3. The molecule has 0 saturated carbocycles. The number of alkyl halides is 3. The van der Waals surface area contributed by atoms with E-state index in [2.05, 4.69) is 19.6 Å². The first-order valence-electron chi connectivity index (χ1n) is 4.81. The summed E-state index contributed by atoms with van der Waals surface area (Å²) in [7, 11) is -1.69. The van der Waals surface area contributed by atoms with Crippen LogP contribution in [0.5, 0.6) is 0 Å². The van der Waals surface area contributed by atoms with Crippen LogP contribution in [0, 0.1) is 6.92 Å². The van der Waals surface area contributed by atoms with Gasteiger partial charge in [-0.05, 0) is 18.6 Å². The molecule has 0 aliphatic rings. The van der Waals surface area contributed by atoms with Gasteiger partial charge in [-0.25, -0.2) is 0 Å². The molecule has 0 amide bonds. The second-order valence-electron chi connectivity index (χ2n) is 4.73. The van der Waals surface area contributed by atoms with Gasteiger partial charge in [-0.15, -0.1) is 0 Å². The molecule has 0 unspecified atom stereocenters. The zero-order valence-electron chi connectivity index (χ0n) is 9.37.